The average molecular weight is 602 g/mol. The molecule has 0 radical (unpaired) electrons. The normalized spacial score (nSPS) is 33.6. The maximum atomic E-state index is 12.3. The van der Waals surface area contributed by atoms with Gasteiger partial charge in [-0.2, -0.15) is 0 Å². The summed E-state index contributed by atoms with van der Waals surface area (Å²) in [7, 11) is 0. The topological polar surface area (TPSA) is 75.6 Å². The van der Waals surface area contributed by atoms with E-state index in [1.807, 2.05) is 27.7 Å². The number of allylic oxidation sites excluding steroid dienone is 1. The first-order valence-electron chi connectivity index (χ1n) is 17.8. The van der Waals surface area contributed by atoms with Crippen LogP contribution in [-0.4, -0.2) is 41.7 Å². The number of ketones is 1. The highest BCUT2D eigenvalue weighted by atomic mass is 16.5. The minimum Gasteiger partial charge on any atom is -0.394 e. The second kappa shape index (κ2) is 15.4. The van der Waals surface area contributed by atoms with Gasteiger partial charge in [-0.3, -0.25) is 4.79 Å². The molecular formula is C38H67NO4. The van der Waals surface area contributed by atoms with E-state index in [9.17, 15) is 14.7 Å². The van der Waals surface area contributed by atoms with Crippen molar-refractivity contribution < 1.29 is 19.4 Å². The zero-order valence-electron chi connectivity index (χ0n) is 29.4. The van der Waals surface area contributed by atoms with Crippen LogP contribution in [0.2, 0.25) is 0 Å². The standard InChI is InChI=1S/C32H55NO3.C6H12O/c1-22(2)9-7-8-10-23-12-14-27-26-13-11-24-19-25(36-20-29(35)33-30(3,4)21-34)15-17-32(24,6)28(26)16-18-31(23,27)5;1-5(2)4-6(3)7/h11,22-23,25-28,34H,7-10,12-21H2,1-6H3,(H,33,35);5H,4H2,1-3H3. The quantitative estimate of drug-likeness (QED) is 0.173. The molecular weight excluding hydrogens is 534 g/mol. The van der Waals surface area contributed by atoms with Crippen molar-refractivity contribution in [1.29, 1.82) is 0 Å². The minimum atomic E-state index is -0.602. The molecule has 0 aromatic heterocycles. The third kappa shape index (κ3) is 9.41. The van der Waals surface area contributed by atoms with Gasteiger partial charge in [0.2, 0.25) is 5.91 Å². The second-order valence-electron chi connectivity index (χ2n) is 16.8. The first-order valence-corrected chi connectivity index (χ1v) is 17.8. The van der Waals surface area contributed by atoms with Crippen molar-refractivity contribution >= 4 is 11.7 Å². The van der Waals surface area contributed by atoms with Crippen molar-refractivity contribution in [1.82, 2.24) is 5.32 Å². The zero-order valence-corrected chi connectivity index (χ0v) is 29.4. The van der Waals surface area contributed by atoms with Crippen molar-refractivity contribution in [3.8, 4) is 0 Å². The molecule has 4 aliphatic carbocycles. The van der Waals surface area contributed by atoms with Gasteiger partial charge in [0.25, 0.3) is 0 Å². The highest BCUT2D eigenvalue weighted by Gasteiger charge is 2.58. The van der Waals surface area contributed by atoms with Crippen LogP contribution in [0.3, 0.4) is 0 Å². The van der Waals surface area contributed by atoms with Crippen molar-refractivity contribution in [3.63, 3.8) is 0 Å². The summed E-state index contributed by atoms with van der Waals surface area (Å²) in [6.07, 6.45) is 19.4. The lowest BCUT2D eigenvalue weighted by Gasteiger charge is -2.58. The summed E-state index contributed by atoms with van der Waals surface area (Å²) < 4.78 is 6.09. The Kier molecular flexibility index (Phi) is 13.0. The van der Waals surface area contributed by atoms with E-state index in [1.54, 1.807) is 12.5 Å². The Morgan fingerprint density at radius 2 is 1.74 bits per heavy atom. The number of nitrogens with one attached hydrogen (secondary N) is 1. The first kappa shape index (κ1) is 36.3. The fourth-order valence-electron chi connectivity index (χ4n) is 9.52. The summed E-state index contributed by atoms with van der Waals surface area (Å²) in [6.45, 7) is 19.3. The van der Waals surface area contributed by atoms with E-state index in [0.717, 1.165) is 48.9 Å². The third-order valence-corrected chi connectivity index (χ3v) is 11.9. The fraction of sp³-hybridized carbons (Fsp3) is 0.895. The molecule has 3 saturated carbocycles. The zero-order chi connectivity index (χ0) is 32.0. The SMILES string of the molecule is CC(=O)CC(C)C.CC(C)CCCCC1CCC2C3CC=C4CC(OCC(=O)NC(C)(C)CO)CCC4(C)C3CCC12C. The molecule has 1 amide bonds. The van der Waals surface area contributed by atoms with Crippen LogP contribution in [0.25, 0.3) is 0 Å². The summed E-state index contributed by atoms with van der Waals surface area (Å²) in [6, 6.07) is 0. The number of ether oxygens (including phenoxy) is 1. The lowest BCUT2D eigenvalue weighted by atomic mass is 9.47. The molecule has 0 heterocycles. The number of hydrogen-bond donors (Lipinski definition) is 2. The number of Topliss-reactive ketones (excluding diaryl/α,β-unsaturated/α-hetero) is 1. The molecule has 0 bridgehead atoms. The number of aliphatic hydroxyl groups excluding tert-OH is 1. The fourth-order valence-corrected chi connectivity index (χ4v) is 9.52. The molecule has 3 fully saturated rings. The van der Waals surface area contributed by atoms with Gasteiger partial charge in [0, 0.05) is 6.42 Å². The van der Waals surface area contributed by atoms with Gasteiger partial charge < -0.3 is 20.0 Å². The van der Waals surface area contributed by atoms with Crippen molar-refractivity contribution in [2.45, 2.75) is 157 Å². The van der Waals surface area contributed by atoms with Gasteiger partial charge in [0.1, 0.15) is 12.4 Å². The molecule has 4 rings (SSSR count). The molecule has 7 atom stereocenters. The minimum absolute atomic E-state index is 0.0745. The molecule has 2 N–H and O–H groups in total. The maximum Gasteiger partial charge on any atom is 0.246 e. The predicted molar refractivity (Wildman–Crippen MR) is 178 cm³/mol. The van der Waals surface area contributed by atoms with Gasteiger partial charge >= 0.3 is 0 Å². The van der Waals surface area contributed by atoms with Crippen LogP contribution < -0.4 is 5.32 Å². The Labute approximate surface area is 264 Å². The number of amides is 1. The van der Waals surface area contributed by atoms with Crippen molar-refractivity contribution in [2.24, 2.45) is 46.3 Å². The van der Waals surface area contributed by atoms with Crippen molar-refractivity contribution in [3.05, 3.63) is 11.6 Å². The first-order chi connectivity index (χ1) is 20.1. The maximum absolute atomic E-state index is 12.3. The van der Waals surface area contributed by atoms with E-state index in [4.69, 9.17) is 4.74 Å². The molecule has 4 aliphatic rings. The van der Waals surface area contributed by atoms with Gasteiger partial charge in [0.05, 0.1) is 18.2 Å². The molecule has 0 saturated heterocycles. The number of carbonyl (C=O) groups is 2. The molecule has 0 spiro atoms. The van der Waals surface area contributed by atoms with Crippen molar-refractivity contribution in [2.75, 3.05) is 13.2 Å². The van der Waals surface area contributed by atoms with Gasteiger partial charge in [-0.25, -0.2) is 0 Å². The highest BCUT2D eigenvalue weighted by Crippen LogP contribution is 2.66. The van der Waals surface area contributed by atoms with E-state index in [-0.39, 0.29) is 31.0 Å². The predicted octanol–water partition coefficient (Wildman–Crippen LogP) is 8.68. The van der Waals surface area contributed by atoms with Crippen LogP contribution in [-0.2, 0) is 14.3 Å². The molecule has 248 valence electrons. The van der Waals surface area contributed by atoms with Gasteiger partial charge in [0.15, 0.2) is 0 Å². The number of unbranched alkanes of at least 4 members (excludes halogenated alkanes) is 1. The van der Waals surface area contributed by atoms with E-state index >= 15 is 0 Å². The van der Waals surface area contributed by atoms with E-state index in [1.165, 1.54) is 64.2 Å². The Balaban J connectivity index is 0.000000646. The van der Waals surface area contributed by atoms with Crippen LogP contribution >= 0.6 is 0 Å². The molecule has 5 nitrogen and oxygen atoms in total. The lowest BCUT2D eigenvalue weighted by Crippen LogP contribution is -2.51. The largest absolute Gasteiger partial charge is 0.394 e. The monoisotopic (exact) mass is 602 g/mol. The smallest absolute Gasteiger partial charge is 0.246 e. The Hall–Kier alpha value is -1.20. The third-order valence-electron chi connectivity index (χ3n) is 11.9. The molecule has 0 aromatic rings. The lowest BCUT2D eigenvalue weighted by molar-refractivity contribution is -0.131. The number of rotatable bonds is 12. The highest BCUT2D eigenvalue weighted by molar-refractivity contribution is 5.78. The second-order valence-corrected chi connectivity index (χ2v) is 16.8. The van der Waals surface area contributed by atoms with Crippen LogP contribution in [0.1, 0.15) is 146 Å². The summed E-state index contributed by atoms with van der Waals surface area (Å²) in [4.78, 5) is 22.6. The van der Waals surface area contributed by atoms with Crippen LogP contribution in [0.4, 0.5) is 0 Å². The molecule has 5 heteroatoms. The molecule has 0 aliphatic heterocycles. The molecule has 0 aromatic carbocycles. The van der Waals surface area contributed by atoms with E-state index < -0.39 is 5.54 Å². The Morgan fingerprint density at radius 1 is 1.02 bits per heavy atom. The number of aliphatic hydroxyl groups is 1. The number of hydrogen-bond acceptors (Lipinski definition) is 4. The molecule has 7 unspecified atom stereocenters. The summed E-state index contributed by atoms with van der Waals surface area (Å²) in [5.41, 5.74) is 1.90. The molecule has 43 heavy (non-hydrogen) atoms. The van der Waals surface area contributed by atoms with Crippen LogP contribution in [0.5, 0.6) is 0 Å². The summed E-state index contributed by atoms with van der Waals surface area (Å²) >= 11 is 0. The number of carbonyl (C=O) groups excluding carboxylic acids is 2. The average Bonchev–Trinajstić information content (AvgIpc) is 3.25. The Morgan fingerprint density at radius 3 is 2.35 bits per heavy atom. The van der Waals surface area contributed by atoms with Gasteiger partial charge in [-0.05, 0) is 125 Å². The van der Waals surface area contributed by atoms with E-state index in [0.29, 0.717) is 16.7 Å². The van der Waals surface area contributed by atoms with Crippen LogP contribution in [0.15, 0.2) is 11.6 Å². The Bertz CT molecular complexity index is 954. The van der Waals surface area contributed by atoms with Crippen LogP contribution in [0, 0.1) is 46.3 Å². The summed E-state index contributed by atoms with van der Waals surface area (Å²) in [5.74, 6) is 5.06. The number of fused-ring (bicyclic) bond motifs is 5. The summed E-state index contributed by atoms with van der Waals surface area (Å²) in [5, 5.41) is 12.3. The van der Waals surface area contributed by atoms with Gasteiger partial charge in [-0.1, -0.05) is 72.5 Å². The van der Waals surface area contributed by atoms with Gasteiger partial charge in [-0.15, -0.1) is 0 Å². The van der Waals surface area contributed by atoms with E-state index in [2.05, 4.69) is 39.1 Å².